The molecule has 2 aromatic rings. The van der Waals surface area contributed by atoms with E-state index in [9.17, 15) is 9.50 Å². The fourth-order valence-electron chi connectivity index (χ4n) is 1.91. The van der Waals surface area contributed by atoms with Crippen LogP contribution in [0.3, 0.4) is 0 Å². The van der Waals surface area contributed by atoms with Crippen molar-refractivity contribution in [3.63, 3.8) is 0 Å². The van der Waals surface area contributed by atoms with E-state index in [-0.39, 0.29) is 19.0 Å². The number of hydrogen-bond donors (Lipinski definition) is 2. The number of halogens is 1. The second-order valence-electron chi connectivity index (χ2n) is 4.82. The molecule has 0 aliphatic rings. The number of hydrogen-bond acceptors (Lipinski definition) is 3. The van der Waals surface area contributed by atoms with Crippen LogP contribution in [0.2, 0.25) is 0 Å². The number of aliphatic hydroxyl groups is 1. The highest BCUT2D eigenvalue weighted by molar-refractivity contribution is 5.44. The number of aliphatic hydroxyl groups excluding tert-OH is 1. The maximum absolute atomic E-state index is 13.4. The Hall–Kier alpha value is -2.07. The molecule has 0 fully saturated rings. The lowest BCUT2D eigenvalue weighted by atomic mass is 10.2. The second kappa shape index (κ2) is 7.64. The first-order chi connectivity index (χ1) is 10.2. The van der Waals surface area contributed by atoms with Crippen molar-refractivity contribution < 1.29 is 14.2 Å². The molecular formula is C17H20FNO2. The Morgan fingerprint density at radius 3 is 2.52 bits per heavy atom. The van der Waals surface area contributed by atoms with Crippen molar-refractivity contribution in [2.75, 3.05) is 18.5 Å². The van der Waals surface area contributed by atoms with Crippen molar-refractivity contribution in [3.8, 4) is 5.75 Å². The van der Waals surface area contributed by atoms with E-state index in [4.69, 9.17) is 4.74 Å². The molecule has 112 valence electrons. The Morgan fingerprint density at radius 2 is 1.86 bits per heavy atom. The van der Waals surface area contributed by atoms with Gasteiger partial charge in [-0.3, -0.25) is 0 Å². The molecule has 1 unspecified atom stereocenters. The van der Waals surface area contributed by atoms with E-state index < -0.39 is 6.10 Å². The van der Waals surface area contributed by atoms with E-state index in [1.807, 2.05) is 24.3 Å². The van der Waals surface area contributed by atoms with Gasteiger partial charge in [0.25, 0.3) is 0 Å². The van der Waals surface area contributed by atoms with Gasteiger partial charge in [0, 0.05) is 6.54 Å². The van der Waals surface area contributed by atoms with Gasteiger partial charge in [-0.1, -0.05) is 31.2 Å². The van der Waals surface area contributed by atoms with E-state index >= 15 is 0 Å². The summed E-state index contributed by atoms with van der Waals surface area (Å²) in [5.74, 6) is 0.387. The Labute approximate surface area is 124 Å². The SMILES string of the molecule is CCc1ccc(OCC(O)CNc2ccccc2F)cc1. The maximum atomic E-state index is 13.4. The van der Waals surface area contributed by atoms with Gasteiger partial charge in [-0.05, 0) is 36.2 Å². The summed E-state index contributed by atoms with van der Waals surface area (Å²) in [6.07, 6.45) is 0.269. The third-order valence-corrected chi connectivity index (χ3v) is 3.18. The number of anilines is 1. The van der Waals surface area contributed by atoms with Crippen LogP contribution >= 0.6 is 0 Å². The monoisotopic (exact) mass is 289 g/mol. The maximum Gasteiger partial charge on any atom is 0.146 e. The minimum atomic E-state index is -0.713. The highest BCUT2D eigenvalue weighted by atomic mass is 19.1. The molecule has 2 N–H and O–H groups in total. The van der Waals surface area contributed by atoms with E-state index in [2.05, 4.69) is 12.2 Å². The predicted molar refractivity (Wildman–Crippen MR) is 82.2 cm³/mol. The van der Waals surface area contributed by atoms with E-state index in [0.29, 0.717) is 5.69 Å². The largest absolute Gasteiger partial charge is 0.491 e. The van der Waals surface area contributed by atoms with E-state index in [1.165, 1.54) is 11.6 Å². The van der Waals surface area contributed by atoms with Crippen LogP contribution in [0, 0.1) is 5.82 Å². The molecule has 0 aliphatic carbocycles. The summed E-state index contributed by atoms with van der Waals surface area (Å²) >= 11 is 0. The Bertz CT molecular complexity index is 557. The van der Waals surface area contributed by atoms with Crippen LogP contribution in [0.4, 0.5) is 10.1 Å². The number of ether oxygens (including phenoxy) is 1. The van der Waals surface area contributed by atoms with Gasteiger partial charge >= 0.3 is 0 Å². The van der Waals surface area contributed by atoms with Crippen molar-refractivity contribution >= 4 is 5.69 Å². The molecule has 21 heavy (non-hydrogen) atoms. The third kappa shape index (κ3) is 4.76. The van der Waals surface area contributed by atoms with Crippen molar-refractivity contribution in [2.45, 2.75) is 19.4 Å². The molecular weight excluding hydrogens is 269 g/mol. The minimum absolute atomic E-state index is 0.160. The Kier molecular flexibility index (Phi) is 5.58. The molecule has 0 heterocycles. The zero-order valence-electron chi connectivity index (χ0n) is 12.1. The highest BCUT2D eigenvalue weighted by Gasteiger charge is 2.07. The molecule has 0 saturated heterocycles. The van der Waals surface area contributed by atoms with Crippen molar-refractivity contribution in [3.05, 3.63) is 59.9 Å². The first kappa shape index (κ1) is 15.3. The molecule has 0 spiro atoms. The normalized spacial score (nSPS) is 12.0. The highest BCUT2D eigenvalue weighted by Crippen LogP contribution is 2.14. The summed E-state index contributed by atoms with van der Waals surface area (Å²) in [5, 5.41) is 12.7. The smallest absolute Gasteiger partial charge is 0.146 e. The van der Waals surface area contributed by atoms with Crippen LogP contribution < -0.4 is 10.1 Å². The summed E-state index contributed by atoms with van der Waals surface area (Å²) < 4.78 is 18.9. The zero-order valence-corrected chi connectivity index (χ0v) is 12.1. The second-order valence-corrected chi connectivity index (χ2v) is 4.82. The average Bonchev–Trinajstić information content (AvgIpc) is 2.52. The Morgan fingerprint density at radius 1 is 1.14 bits per heavy atom. The fourth-order valence-corrected chi connectivity index (χ4v) is 1.91. The van der Waals surface area contributed by atoms with Gasteiger partial charge in [0.1, 0.15) is 24.3 Å². The molecule has 0 bridgehead atoms. The van der Waals surface area contributed by atoms with Gasteiger partial charge in [0.15, 0.2) is 0 Å². The number of benzene rings is 2. The molecule has 2 rings (SSSR count). The molecule has 0 aliphatic heterocycles. The molecule has 0 amide bonds. The van der Waals surface area contributed by atoms with E-state index in [0.717, 1.165) is 12.2 Å². The summed E-state index contributed by atoms with van der Waals surface area (Å²) in [6, 6.07) is 14.1. The van der Waals surface area contributed by atoms with Crippen LogP contribution in [0.5, 0.6) is 5.75 Å². The predicted octanol–water partition coefficient (Wildman–Crippen LogP) is 3.24. The van der Waals surface area contributed by atoms with Crippen molar-refractivity contribution in [2.24, 2.45) is 0 Å². The molecule has 1 atom stereocenters. The van der Waals surface area contributed by atoms with Gasteiger partial charge in [0.05, 0.1) is 5.69 Å². The van der Waals surface area contributed by atoms with Gasteiger partial charge in [-0.15, -0.1) is 0 Å². The topological polar surface area (TPSA) is 41.5 Å². The lowest BCUT2D eigenvalue weighted by Crippen LogP contribution is -2.26. The first-order valence-corrected chi connectivity index (χ1v) is 7.07. The minimum Gasteiger partial charge on any atom is -0.491 e. The molecule has 0 radical (unpaired) electrons. The summed E-state index contributed by atoms with van der Waals surface area (Å²) in [4.78, 5) is 0. The standard InChI is InChI=1S/C17H20FNO2/c1-2-13-7-9-15(10-8-13)21-12-14(20)11-19-17-6-4-3-5-16(17)18/h3-10,14,19-20H,2,11-12H2,1H3. The van der Waals surface area contributed by atoms with Gasteiger partial charge in [-0.25, -0.2) is 4.39 Å². The van der Waals surface area contributed by atoms with Gasteiger partial charge < -0.3 is 15.2 Å². The van der Waals surface area contributed by atoms with Crippen molar-refractivity contribution in [1.29, 1.82) is 0 Å². The van der Waals surface area contributed by atoms with Gasteiger partial charge in [0.2, 0.25) is 0 Å². The summed E-state index contributed by atoms with van der Waals surface area (Å²) in [7, 11) is 0. The lowest BCUT2D eigenvalue weighted by molar-refractivity contribution is 0.117. The van der Waals surface area contributed by atoms with Crippen LogP contribution in [-0.4, -0.2) is 24.4 Å². The summed E-state index contributed by atoms with van der Waals surface area (Å²) in [5.41, 5.74) is 1.62. The fraction of sp³-hybridized carbons (Fsp3) is 0.294. The van der Waals surface area contributed by atoms with E-state index in [1.54, 1.807) is 18.2 Å². The third-order valence-electron chi connectivity index (χ3n) is 3.18. The molecule has 0 saturated carbocycles. The van der Waals surface area contributed by atoms with Crippen LogP contribution in [-0.2, 0) is 6.42 Å². The van der Waals surface area contributed by atoms with Gasteiger partial charge in [-0.2, -0.15) is 0 Å². The quantitative estimate of drug-likeness (QED) is 0.822. The zero-order chi connectivity index (χ0) is 15.1. The van der Waals surface area contributed by atoms with Crippen LogP contribution in [0.15, 0.2) is 48.5 Å². The van der Waals surface area contributed by atoms with Crippen LogP contribution in [0.1, 0.15) is 12.5 Å². The molecule has 4 heteroatoms. The number of aryl methyl sites for hydroxylation is 1. The molecule has 3 nitrogen and oxygen atoms in total. The molecule has 2 aromatic carbocycles. The number of rotatable bonds is 7. The van der Waals surface area contributed by atoms with Crippen LogP contribution in [0.25, 0.3) is 0 Å². The lowest BCUT2D eigenvalue weighted by Gasteiger charge is -2.14. The number of para-hydroxylation sites is 1. The first-order valence-electron chi connectivity index (χ1n) is 7.07. The van der Waals surface area contributed by atoms with Crippen molar-refractivity contribution in [1.82, 2.24) is 0 Å². The molecule has 0 aromatic heterocycles. The summed E-state index contributed by atoms with van der Waals surface area (Å²) in [6.45, 7) is 2.48. The Balaban J connectivity index is 1.76. The average molecular weight is 289 g/mol. The number of nitrogens with one attached hydrogen (secondary N) is 1.